The summed E-state index contributed by atoms with van der Waals surface area (Å²) >= 11 is 4.40. The average Bonchev–Trinajstić information content (AvgIpc) is 3.15. The molecule has 7 rings (SSSR count). The Morgan fingerprint density at radius 3 is 2.02 bits per heavy atom. The van der Waals surface area contributed by atoms with Gasteiger partial charge in [-0.3, -0.25) is 11.3 Å². The van der Waals surface area contributed by atoms with Crippen molar-refractivity contribution in [2.24, 2.45) is 5.84 Å². The lowest BCUT2D eigenvalue weighted by atomic mass is 9.99. The largest absolute Gasteiger partial charge is 0.397 e. The molecule has 0 aromatic heterocycles. The third kappa shape index (κ3) is 10.3. The van der Waals surface area contributed by atoms with Gasteiger partial charge in [-0.1, -0.05) is 141 Å². The first-order valence-electron chi connectivity index (χ1n) is 16.6. The number of anilines is 1. The molecule has 0 spiro atoms. The maximum Gasteiger partial charge on any atom is 0.0535 e. The first kappa shape index (κ1) is 36.0. The van der Waals surface area contributed by atoms with E-state index in [1.807, 2.05) is 44.2 Å². The van der Waals surface area contributed by atoms with E-state index in [2.05, 4.69) is 146 Å². The molecule has 4 nitrogen and oxygen atoms in total. The van der Waals surface area contributed by atoms with Crippen molar-refractivity contribution < 1.29 is 0 Å². The number of nitrogens with one attached hydrogen (secondary N) is 2. The molecule has 6 aromatic rings. The van der Waals surface area contributed by atoms with Crippen molar-refractivity contribution in [3.8, 4) is 11.1 Å². The molecule has 6 aromatic carbocycles. The molecule has 48 heavy (non-hydrogen) atoms. The zero-order valence-electron chi connectivity index (χ0n) is 28.3. The molecule has 0 radical (unpaired) electrons. The summed E-state index contributed by atoms with van der Waals surface area (Å²) < 4.78 is 0. The van der Waals surface area contributed by atoms with Gasteiger partial charge in [0, 0.05) is 29.1 Å². The number of fused-ring (bicyclic) bond motifs is 3. The summed E-state index contributed by atoms with van der Waals surface area (Å²) in [6.07, 6.45) is 8.77. The minimum absolute atomic E-state index is 0.649. The topological polar surface area (TPSA) is 76.1 Å². The number of hydrogen-bond acceptors (Lipinski definition) is 5. The summed E-state index contributed by atoms with van der Waals surface area (Å²) in [4.78, 5) is 0.813. The summed E-state index contributed by atoms with van der Waals surface area (Å²) in [6.45, 7) is 7.62. The van der Waals surface area contributed by atoms with E-state index in [-0.39, 0.29) is 0 Å². The number of nitrogen functional groups attached to an aromatic ring is 1. The standard InChI is InChI=1S/C19H19N.C15H15N3S.C7H8.C2H6/c1-3-9-17(10-4-1)18-11-7-8-16(14-18)15-20-19-12-5-2-6-13-19;16-15-13(19)6-4-10-2-3-11-7-9(8-18-17)1-5-12(11)14(10)15;1-7-5-3-2-4-6-7;1-2/h1-5,7-12,14,20H,6,13,15H2;1-7,18-19H,8,16-17H2;2-6H,1H3;1-2H3. The van der Waals surface area contributed by atoms with Crippen LogP contribution in [-0.2, 0) is 13.1 Å². The van der Waals surface area contributed by atoms with E-state index in [4.69, 9.17) is 11.6 Å². The molecule has 1 aliphatic carbocycles. The van der Waals surface area contributed by atoms with Gasteiger partial charge in [-0.05, 0) is 82.5 Å². The fraction of sp³-hybridized carbons (Fsp3) is 0.163. The van der Waals surface area contributed by atoms with Crippen molar-refractivity contribution in [1.82, 2.24) is 10.7 Å². The number of rotatable bonds is 6. The molecule has 0 amide bonds. The van der Waals surface area contributed by atoms with Gasteiger partial charge in [0.15, 0.2) is 0 Å². The normalized spacial score (nSPS) is 11.6. The molecule has 0 aliphatic heterocycles. The number of benzene rings is 6. The Labute approximate surface area is 292 Å². The summed E-state index contributed by atoms with van der Waals surface area (Å²) in [5, 5.41) is 8.03. The van der Waals surface area contributed by atoms with Crippen LogP contribution >= 0.6 is 12.6 Å². The second-order valence-electron chi connectivity index (χ2n) is 11.3. The lowest BCUT2D eigenvalue weighted by Gasteiger charge is -2.13. The second kappa shape index (κ2) is 19.1. The summed E-state index contributed by atoms with van der Waals surface area (Å²) in [5.74, 6) is 5.36. The minimum Gasteiger partial charge on any atom is -0.397 e. The first-order chi connectivity index (χ1) is 23.5. The highest BCUT2D eigenvalue weighted by molar-refractivity contribution is 7.80. The van der Waals surface area contributed by atoms with Crippen molar-refractivity contribution in [3.05, 3.63) is 168 Å². The molecule has 0 heterocycles. The summed E-state index contributed by atoms with van der Waals surface area (Å²) in [6, 6.07) is 44.0. The molecule has 0 atom stereocenters. The predicted molar refractivity (Wildman–Crippen MR) is 212 cm³/mol. The monoisotopic (exact) mass is 652 g/mol. The Morgan fingerprint density at radius 2 is 1.35 bits per heavy atom. The molecule has 246 valence electrons. The third-order valence-electron chi connectivity index (χ3n) is 7.90. The fourth-order valence-corrected chi connectivity index (χ4v) is 5.63. The number of hydrazine groups is 1. The Kier molecular flexibility index (Phi) is 14.4. The highest BCUT2D eigenvalue weighted by Crippen LogP contribution is 2.34. The smallest absolute Gasteiger partial charge is 0.0535 e. The van der Waals surface area contributed by atoms with Crippen molar-refractivity contribution in [2.75, 3.05) is 5.73 Å². The van der Waals surface area contributed by atoms with Crippen LogP contribution in [0.25, 0.3) is 32.7 Å². The van der Waals surface area contributed by atoms with Crippen LogP contribution in [0.4, 0.5) is 5.69 Å². The van der Waals surface area contributed by atoms with E-state index in [0.717, 1.165) is 57.1 Å². The van der Waals surface area contributed by atoms with Gasteiger partial charge in [0.05, 0.1) is 5.69 Å². The van der Waals surface area contributed by atoms with E-state index >= 15 is 0 Å². The molecule has 1 aliphatic rings. The first-order valence-corrected chi connectivity index (χ1v) is 17.1. The van der Waals surface area contributed by atoms with Gasteiger partial charge in [0.25, 0.3) is 0 Å². The second-order valence-corrected chi connectivity index (χ2v) is 11.8. The molecular weight excluding hydrogens is 605 g/mol. The van der Waals surface area contributed by atoms with Crippen LogP contribution < -0.4 is 22.3 Å². The van der Waals surface area contributed by atoms with E-state index in [0.29, 0.717) is 6.54 Å². The number of hydrogen-bond donors (Lipinski definition) is 5. The Bertz CT molecular complexity index is 1930. The molecule has 0 saturated heterocycles. The van der Waals surface area contributed by atoms with Crippen LogP contribution in [0.15, 0.2) is 156 Å². The van der Waals surface area contributed by atoms with E-state index in [1.165, 1.54) is 28.0 Å². The van der Waals surface area contributed by atoms with Crippen LogP contribution in [-0.4, -0.2) is 0 Å². The highest BCUT2D eigenvalue weighted by Gasteiger charge is 2.07. The number of aryl methyl sites for hydroxylation is 1. The maximum atomic E-state index is 6.17. The molecule has 6 N–H and O–H groups in total. The third-order valence-corrected chi connectivity index (χ3v) is 8.29. The average molecular weight is 653 g/mol. The summed E-state index contributed by atoms with van der Waals surface area (Å²) in [7, 11) is 0. The lowest BCUT2D eigenvalue weighted by Crippen LogP contribution is -2.20. The van der Waals surface area contributed by atoms with Gasteiger partial charge in [-0.25, -0.2) is 0 Å². The molecule has 0 bridgehead atoms. The molecular formula is C43H48N4S. The van der Waals surface area contributed by atoms with Gasteiger partial charge in [0.1, 0.15) is 0 Å². The van der Waals surface area contributed by atoms with E-state index in [1.54, 1.807) is 0 Å². The maximum absolute atomic E-state index is 6.17. The fourth-order valence-electron chi connectivity index (χ4n) is 5.44. The SMILES string of the molecule is C1=CCCC(NCc2cccc(-c3ccccc3)c2)=C1.CC.Cc1ccccc1.NNCc1ccc2c(ccc3ccc(S)c(N)c32)c1. The summed E-state index contributed by atoms with van der Waals surface area (Å²) in [5.41, 5.74) is 17.2. The van der Waals surface area contributed by atoms with E-state index < -0.39 is 0 Å². The zero-order chi connectivity index (χ0) is 34.1. The Morgan fingerprint density at radius 1 is 0.688 bits per heavy atom. The van der Waals surface area contributed by atoms with E-state index in [9.17, 15) is 0 Å². The lowest BCUT2D eigenvalue weighted by molar-refractivity contribution is 0.742. The Balaban J connectivity index is 0.000000174. The van der Waals surface area contributed by atoms with Gasteiger partial charge in [-0.15, -0.1) is 12.6 Å². The molecule has 0 fully saturated rings. The van der Waals surface area contributed by atoms with Gasteiger partial charge in [-0.2, -0.15) is 0 Å². The van der Waals surface area contributed by atoms with Crippen LogP contribution in [0.3, 0.4) is 0 Å². The predicted octanol–water partition coefficient (Wildman–Crippen LogP) is 10.5. The quantitative estimate of drug-likeness (QED) is 0.0408. The van der Waals surface area contributed by atoms with Gasteiger partial charge >= 0.3 is 0 Å². The van der Waals surface area contributed by atoms with Crippen molar-refractivity contribution in [3.63, 3.8) is 0 Å². The molecule has 0 unspecified atom stereocenters. The van der Waals surface area contributed by atoms with Gasteiger partial charge < -0.3 is 11.1 Å². The highest BCUT2D eigenvalue weighted by atomic mass is 32.1. The minimum atomic E-state index is 0.649. The van der Waals surface area contributed by atoms with Gasteiger partial charge in [0.2, 0.25) is 0 Å². The van der Waals surface area contributed by atoms with Crippen LogP contribution in [0, 0.1) is 6.92 Å². The zero-order valence-corrected chi connectivity index (χ0v) is 29.2. The van der Waals surface area contributed by atoms with Crippen LogP contribution in [0.5, 0.6) is 0 Å². The van der Waals surface area contributed by atoms with Crippen LogP contribution in [0.1, 0.15) is 43.4 Å². The van der Waals surface area contributed by atoms with Crippen molar-refractivity contribution >= 4 is 39.9 Å². The van der Waals surface area contributed by atoms with Crippen molar-refractivity contribution in [1.29, 1.82) is 0 Å². The van der Waals surface area contributed by atoms with Crippen LogP contribution in [0.2, 0.25) is 0 Å². The number of thiol groups is 1. The molecule has 0 saturated carbocycles. The Hall–Kier alpha value is -4.81. The molecule has 5 heteroatoms. The number of allylic oxidation sites excluding steroid dienone is 4. The number of nitrogens with two attached hydrogens (primary N) is 2. The van der Waals surface area contributed by atoms with Crippen molar-refractivity contribution in [2.45, 2.75) is 51.6 Å².